The van der Waals surface area contributed by atoms with Crippen molar-refractivity contribution in [1.29, 1.82) is 0 Å². The molecule has 0 spiro atoms. The molecule has 0 unspecified atom stereocenters. The number of aliphatic hydroxyl groups is 3. The Hall–Kier alpha value is -3.10. The summed E-state index contributed by atoms with van der Waals surface area (Å²) in [5.74, 6) is 0. The zero-order chi connectivity index (χ0) is 38.9. The van der Waals surface area contributed by atoms with E-state index < -0.39 is 0 Å². The Morgan fingerprint density at radius 2 is 0.600 bits per heavy atom. The van der Waals surface area contributed by atoms with Gasteiger partial charge in [-0.1, -0.05) is 15.6 Å². The zero-order valence-corrected chi connectivity index (χ0v) is 31.8. The molecule has 314 valence electrons. The summed E-state index contributed by atoms with van der Waals surface area (Å²) >= 11 is 0. The Bertz CT molecular complexity index is 1150. The van der Waals surface area contributed by atoms with Gasteiger partial charge in [0, 0.05) is 38.2 Å². The Kier molecular flexibility index (Phi) is 27.0. The van der Waals surface area contributed by atoms with E-state index >= 15 is 0 Å². The lowest BCUT2D eigenvalue weighted by Crippen LogP contribution is -2.23. The minimum Gasteiger partial charge on any atom is -0.394 e. The van der Waals surface area contributed by atoms with Crippen LogP contribution in [0.3, 0.4) is 0 Å². The van der Waals surface area contributed by atoms with Crippen molar-refractivity contribution in [2.24, 2.45) is 0 Å². The van der Waals surface area contributed by atoms with Gasteiger partial charge in [-0.15, -0.1) is 15.3 Å². The summed E-state index contributed by atoms with van der Waals surface area (Å²) in [5.41, 5.74) is 2.33. The van der Waals surface area contributed by atoms with Crippen LogP contribution in [0.4, 0.5) is 0 Å². The second-order valence-electron chi connectivity index (χ2n) is 11.7. The van der Waals surface area contributed by atoms with Gasteiger partial charge in [0.1, 0.15) is 0 Å². The highest BCUT2D eigenvalue weighted by atomic mass is 16.6. The van der Waals surface area contributed by atoms with Crippen LogP contribution in [0, 0.1) is 0 Å². The summed E-state index contributed by atoms with van der Waals surface area (Å²) in [4.78, 5) is 2.14. The molecule has 22 heteroatoms. The van der Waals surface area contributed by atoms with Gasteiger partial charge in [0.25, 0.3) is 0 Å². The lowest BCUT2D eigenvalue weighted by Gasteiger charge is -2.18. The molecule has 0 radical (unpaired) electrons. The van der Waals surface area contributed by atoms with Crippen LogP contribution in [0.1, 0.15) is 17.1 Å². The van der Waals surface area contributed by atoms with E-state index in [4.69, 9.17) is 58.0 Å². The monoisotopic (exact) mass is 788 g/mol. The van der Waals surface area contributed by atoms with E-state index in [0.717, 1.165) is 17.1 Å². The summed E-state index contributed by atoms with van der Waals surface area (Å²) < 4.78 is 54.0. The Labute approximate surface area is 321 Å². The molecule has 0 amide bonds. The normalized spacial score (nSPS) is 11.8. The van der Waals surface area contributed by atoms with Gasteiger partial charge in [-0.3, -0.25) is 4.90 Å². The van der Waals surface area contributed by atoms with Crippen LogP contribution in [-0.4, -0.2) is 204 Å². The lowest BCUT2D eigenvalue weighted by molar-refractivity contribution is 0.00627. The number of aliphatic hydroxyl groups excluding tert-OH is 3. The predicted octanol–water partition coefficient (Wildman–Crippen LogP) is -2.21. The number of hydrogen-bond donors (Lipinski definition) is 3. The third-order valence-corrected chi connectivity index (χ3v) is 7.25. The molecule has 3 N–H and O–H groups in total. The molecule has 3 aromatic rings. The smallest absolute Gasteiger partial charge is 0.0967 e. The third-order valence-electron chi connectivity index (χ3n) is 7.25. The van der Waals surface area contributed by atoms with Crippen LogP contribution in [-0.2, 0) is 81.9 Å². The topological polar surface area (TPSA) is 239 Å². The van der Waals surface area contributed by atoms with Crippen molar-refractivity contribution in [3.63, 3.8) is 0 Å². The lowest BCUT2D eigenvalue weighted by atomic mass is 10.3. The molecule has 0 saturated heterocycles. The fraction of sp³-hybridized carbons (Fsp3) is 0.818. The van der Waals surface area contributed by atoms with Crippen molar-refractivity contribution < 1.29 is 58.0 Å². The van der Waals surface area contributed by atoms with Gasteiger partial charge in [-0.25, -0.2) is 14.0 Å². The first-order valence-corrected chi connectivity index (χ1v) is 18.6. The summed E-state index contributed by atoms with van der Waals surface area (Å²) in [6.45, 7) is 10.7. The molecule has 55 heavy (non-hydrogen) atoms. The molecular formula is C33H60N10O12. The van der Waals surface area contributed by atoms with Gasteiger partial charge in [0.2, 0.25) is 0 Å². The van der Waals surface area contributed by atoms with Crippen LogP contribution in [0.15, 0.2) is 18.6 Å². The summed E-state index contributed by atoms with van der Waals surface area (Å²) in [7, 11) is 0. The van der Waals surface area contributed by atoms with Crippen molar-refractivity contribution in [3.8, 4) is 0 Å². The highest BCUT2D eigenvalue weighted by Crippen LogP contribution is 2.11. The van der Waals surface area contributed by atoms with E-state index in [2.05, 4.69) is 35.8 Å². The predicted molar refractivity (Wildman–Crippen MR) is 192 cm³/mol. The highest BCUT2D eigenvalue weighted by Gasteiger charge is 2.15. The highest BCUT2D eigenvalue weighted by molar-refractivity contribution is 4.99. The van der Waals surface area contributed by atoms with E-state index in [1.165, 1.54) is 0 Å². The summed E-state index contributed by atoms with van der Waals surface area (Å²) in [6.07, 6.45) is 5.68. The first kappa shape index (κ1) is 46.3. The first-order chi connectivity index (χ1) is 27.2. The number of nitrogens with zero attached hydrogens (tertiary/aromatic N) is 10. The van der Waals surface area contributed by atoms with Crippen LogP contribution in [0.25, 0.3) is 0 Å². The Morgan fingerprint density at radius 1 is 0.364 bits per heavy atom. The molecule has 0 aliphatic carbocycles. The molecule has 22 nitrogen and oxygen atoms in total. The second kappa shape index (κ2) is 32.0. The SMILES string of the molecule is OCCOCCOCCOCCn1cc(CN(Cc2cn(CCOCCOCCOCCO)nn2)Cc2cn(CCOCCOCCOCCO)nn2)nn1. The maximum Gasteiger partial charge on any atom is 0.0967 e. The molecule has 0 aliphatic rings. The van der Waals surface area contributed by atoms with Gasteiger partial charge in [-0.2, -0.15) is 0 Å². The van der Waals surface area contributed by atoms with Crippen LogP contribution < -0.4 is 0 Å². The Balaban J connectivity index is 1.43. The minimum atomic E-state index is -0.00237. The second-order valence-corrected chi connectivity index (χ2v) is 11.7. The molecule has 0 saturated carbocycles. The fourth-order valence-electron chi connectivity index (χ4n) is 4.71. The van der Waals surface area contributed by atoms with E-state index in [0.29, 0.717) is 158 Å². The van der Waals surface area contributed by atoms with Crippen molar-refractivity contribution in [2.45, 2.75) is 39.3 Å². The zero-order valence-electron chi connectivity index (χ0n) is 31.8. The molecule has 3 rings (SSSR count). The van der Waals surface area contributed by atoms with Crippen LogP contribution in [0.2, 0.25) is 0 Å². The third kappa shape index (κ3) is 23.5. The molecule has 0 aromatic carbocycles. The first-order valence-electron chi connectivity index (χ1n) is 18.6. The number of rotatable bonds is 39. The van der Waals surface area contributed by atoms with Gasteiger partial charge in [0.05, 0.1) is 175 Å². The summed E-state index contributed by atoms with van der Waals surface area (Å²) in [6, 6.07) is 0. The van der Waals surface area contributed by atoms with Gasteiger partial charge in [0.15, 0.2) is 0 Å². The molecule has 0 atom stereocenters. The van der Waals surface area contributed by atoms with Gasteiger partial charge >= 0.3 is 0 Å². The van der Waals surface area contributed by atoms with E-state index in [1.54, 1.807) is 14.0 Å². The average Bonchev–Trinajstić information content (AvgIpc) is 3.96. The van der Waals surface area contributed by atoms with Crippen molar-refractivity contribution in [1.82, 2.24) is 49.9 Å². The van der Waals surface area contributed by atoms with Crippen molar-refractivity contribution in [3.05, 3.63) is 35.7 Å². The quantitative estimate of drug-likeness (QED) is 0.0520. The number of hydrogen-bond acceptors (Lipinski definition) is 19. The molecular weight excluding hydrogens is 728 g/mol. The standard InChI is InChI=1S/C33H60N10O12/c44-4-10-50-16-22-53-19-13-47-7-1-41-28-31(34-37-41)25-40(26-32-29-42(38-35-32)2-8-48-14-20-54-23-17-51-11-5-45)27-33-30-43(39-36-33)3-9-49-15-21-55-24-18-52-12-6-46/h28-30,44-46H,1-27H2. The van der Waals surface area contributed by atoms with E-state index in [1.807, 2.05) is 18.6 Å². The van der Waals surface area contributed by atoms with E-state index in [9.17, 15) is 0 Å². The Morgan fingerprint density at radius 3 is 0.855 bits per heavy atom. The van der Waals surface area contributed by atoms with Crippen molar-refractivity contribution >= 4 is 0 Å². The van der Waals surface area contributed by atoms with Crippen LogP contribution in [0.5, 0.6) is 0 Å². The van der Waals surface area contributed by atoms with Gasteiger partial charge in [-0.05, 0) is 0 Å². The van der Waals surface area contributed by atoms with E-state index in [-0.39, 0.29) is 19.8 Å². The fourth-order valence-corrected chi connectivity index (χ4v) is 4.71. The average molecular weight is 789 g/mol. The maximum atomic E-state index is 8.72. The van der Waals surface area contributed by atoms with Crippen LogP contribution >= 0.6 is 0 Å². The molecule has 0 fully saturated rings. The molecule has 3 aromatic heterocycles. The molecule has 3 heterocycles. The maximum absolute atomic E-state index is 8.72. The van der Waals surface area contributed by atoms with Crippen molar-refractivity contribution in [2.75, 3.05) is 139 Å². The summed E-state index contributed by atoms with van der Waals surface area (Å²) in [5, 5.41) is 52.1. The molecule has 0 bridgehead atoms. The largest absolute Gasteiger partial charge is 0.394 e. The number of ether oxygens (including phenoxy) is 9. The number of aromatic nitrogens is 9. The molecule has 0 aliphatic heterocycles. The minimum absolute atomic E-state index is 0.00237. The van der Waals surface area contributed by atoms with Gasteiger partial charge < -0.3 is 58.0 Å².